The zero-order valence-corrected chi connectivity index (χ0v) is 13.1. The predicted molar refractivity (Wildman–Crippen MR) is 85.6 cm³/mol. The minimum Gasteiger partial charge on any atom is -0.481 e. The van der Waals surface area contributed by atoms with E-state index in [-0.39, 0.29) is 29.7 Å². The summed E-state index contributed by atoms with van der Waals surface area (Å²) in [4.78, 5) is 36.1. The van der Waals surface area contributed by atoms with Gasteiger partial charge in [0.25, 0.3) is 5.69 Å². The van der Waals surface area contributed by atoms with E-state index in [9.17, 15) is 24.8 Å². The Hall–Kier alpha value is -2.48. The number of benzene rings is 1. The molecule has 0 spiro atoms. The van der Waals surface area contributed by atoms with E-state index in [0.29, 0.717) is 19.5 Å². The van der Waals surface area contributed by atoms with Crippen LogP contribution in [0.1, 0.15) is 19.3 Å². The number of amides is 1. The lowest BCUT2D eigenvalue weighted by Crippen LogP contribution is -2.37. The maximum atomic E-state index is 12.2. The second kappa shape index (κ2) is 6.20. The van der Waals surface area contributed by atoms with Crippen molar-refractivity contribution in [2.75, 3.05) is 25.0 Å². The maximum absolute atomic E-state index is 12.2. The minimum atomic E-state index is -0.786. The fourth-order valence-corrected chi connectivity index (χ4v) is 3.99. The van der Waals surface area contributed by atoms with Crippen LogP contribution in [0, 0.1) is 21.4 Å². The third kappa shape index (κ3) is 2.84. The molecule has 0 aromatic heterocycles. The molecule has 3 rings (SSSR count). The first kappa shape index (κ1) is 16.4. The Morgan fingerprint density at radius 1 is 1.42 bits per heavy atom. The first-order valence-electron chi connectivity index (χ1n) is 7.91. The lowest BCUT2D eigenvalue weighted by Gasteiger charge is -2.23. The monoisotopic (exact) mass is 333 g/mol. The van der Waals surface area contributed by atoms with Crippen LogP contribution in [0.4, 0.5) is 11.4 Å². The number of carbonyl (C=O) groups is 2. The number of carboxylic acids is 1. The average Bonchev–Trinajstić information content (AvgIpc) is 3.05. The van der Waals surface area contributed by atoms with Gasteiger partial charge in [0.2, 0.25) is 5.91 Å². The molecule has 2 aliphatic rings. The lowest BCUT2D eigenvalue weighted by atomic mass is 9.81. The van der Waals surface area contributed by atoms with Crippen molar-refractivity contribution in [1.82, 2.24) is 4.90 Å². The Kier molecular flexibility index (Phi) is 4.23. The van der Waals surface area contributed by atoms with Crippen LogP contribution in [0.15, 0.2) is 24.3 Å². The number of fused-ring (bicyclic) bond motifs is 1. The number of carboxylic acid groups (broad SMARTS) is 1. The molecule has 1 heterocycles. The van der Waals surface area contributed by atoms with Crippen molar-refractivity contribution in [3.05, 3.63) is 34.4 Å². The van der Waals surface area contributed by atoms with Gasteiger partial charge in [-0.15, -0.1) is 0 Å². The van der Waals surface area contributed by atoms with Crippen molar-refractivity contribution >= 4 is 23.3 Å². The van der Waals surface area contributed by atoms with Gasteiger partial charge in [-0.1, -0.05) is 18.6 Å². The molecule has 24 heavy (non-hydrogen) atoms. The maximum Gasteiger partial charge on any atom is 0.311 e. The highest BCUT2D eigenvalue weighted by Gasteiger charge is 2.54. The predicted octanol–water partition coefficient (Wildman–Crippen LogP) is 1.72. The lowest BCUT2D eigenvalue weighted by molar-refractivity contribution is -0.383. The number of aliphatic carboxylic acids is 1. The Morgan fingerprint density at radius 2 is 2.17 bits per heavy atom. The first-order chi connectivity index (χ1) is 11.4. The molecule has 1 amide bonds. The van der Waals surface area contributed by atoms with Crippen LogP contribution in [-0.2, 0) is 9.59 Å². The number of nitro groups is 1. The highest BCUT2D eigenvalue weighted by molar-refractivity contribution is 5.94. The van der Waals surface area contributed by atoms with E-state index in [1.165, 1.54) is 18.2 Å². The van der Waals surface area contributed by atoms with E-state index in [4.69, 9.17) is 0 Å². The molecule has 1 aromatic rings. The van der Waals surface area contributed by atoms with E-state index in [0.717, 1.165) is 12.8 Å². The van der Waals surface area contributed by atoms with Crippen molar-refractivity contribution in [3.63, 3.8) is 0 Å². The summed E-state index contributed by atoms with van der Waals surface area (Å²) in [5.41, 5.74) is -0.745. The standard InChI is InChI=1S/C16H19N3O5/c20-14(17-12-5-1-2-6-13(12)19(23)24)9-18-8-11-4-3-7-16(11,10-18)15(21)22/h1-2,5-6,11H,3-4,7-10H2,(H,17,20)(H,21,22)/t11-,16+/m0/s1. The Labute approximate surface area is 138 Å². The Balaban J connectivity index is 1.65. The number of hydrogen-bond donors (Lipinski definition) is 2. The van der Waals surface area contributed by atoms with Crippen molar-refractivity contribution < 1.29 is 19.6 Å². The number of para-hydroxylation sites is 2. The molecular formula is C16H19N3O5. The molecule has 2 fully saturated rings. The normalized spacial score (nSPS) is 26.1. The molecule has 8 heteroatoms. The second-order valence-corrected chi connectivity index (χ2v) is 6.54. The first-order valence-corrected chi connectivity index (χ1v) is 7.91. The van der Waals surface area contributed by atoms with Crippen LogP contribution in [0.3, 0.4) is 0 Å². The zero-order valence-electron chi connectivity index (χ0n) is 13.1. The van der Waals surface area contributed by atoms with Gasteiger partial charge in [0, 0.05) is 19.2 Å². The smallest absolute Gasteiger partial charge is 0.311 e. The molecule has 1 aromatic carbocycles. The van der Waals surface area contributed by atoms with Crippen LogP contribution < -0.4 is 5.32 Å². The molecule has 2 atom stereocenters. The molecule has 8 nitrogen and oxygen atoms in total. The second-order valence-electron chi connectivity index (χ2n) is 6.54. The van der Waals surface area contributed by atoms with E-state index < -0.39 is 16.3 Å². The molecule has 0 unspecified atom stereocenters. The number of anilines is 1. The van der Waals surface area contributed by atoms with E-state index in [1.54, 1.807) is 6.07 Å². The molecule has 1 aliphatic carbocycles. The largest absolute Gasteiger partial charge is 0.481 e. The Morgan fingerprint density at radius 3 is 2.83 bits per heavy atom. The number of nitrogens with one attached hydrogen (secondary N) is 1. The number of rotatable bonds is 5. The van der Waals surface area contributed by atoms with Gasteiger partial charge in [-0.3, -0.25) is 24.6 Å². The summed E-state index contributed by atoms with van der Waals surface area (Å²) in [6, 6.07) is 5.96. The third-order valence-corrected chi connectivity index (χ3v) is 5.11. The van der Waals surface area contributed by atoms with Crippen LogP contribution in [0.2, 0.25) is 0 Å². The molecule has 128 valence electrons. The van der Waals surface area contributed by atoms with Crippen molar-refractivity contribution in [2.24, 2.45) is 11.3 Å². The van der Waals surface area contributed by atoms with Crippen LogP contribution in [-0.4, -0.2) is 46.4 Å². The molecule has 2 N–H and O–H groups in total. The zero-order chi connectivity index (χ0) is 17.3. The molecular weight excluding hydrogens is 314 g/mol. The fourth-order valence-electron chi connectivity index (χ4n) is 3.99. The highest BCUT2D eigenvalue weighted by atomic mass is 16.6. The quantitative estimate of drug-likeness (QED) is 0.626. The van der Waals surface area contributed by atoms with Crippen LogP contribution in [0.5, 0.6) is 0 Å². The number of carbonyl (C=O) groups excluding carboxylic acids is 1. The summed E-state index contributed by atoms with van der Waals surface area (Å²) in [7, 11) is 0. The van der Waals surface area contributed by atoms with Crippen molar-refractivity contribution in [3.8, 4) is 0 Å². The summed E-state index contributed by atoms with van der Waals surface area (Å²) in [5.74, 6) is -1.08. The van der Waals surface area contributed by atoms with Gasteiger partial charge in [-0.25, -0.2) is 0 Å². The van der Waals surface area contributed by atoms with Crippen LogP contribution >= 0.6 is 0 Å². The van der Waals surface area contributed by atoms with Gasteiger partial charge in [-0.2, -0.15) is 0 Å². The molecule has 1 saturated heterocycles. The molecule has 1 aliphatic heterocycles. The molecule has 1 saturated carbocycles. The highest BCUT2D eigenvalue weighted by Crippen LogP contribution is 2.48. The van der Waals surface area contributed by atoms with E-state index >= 15 is 0 Å². The number of nitro benzene ring substituents is 1. The van der Waals surface area contributed by atoms with Gasteiger partial charge in [0.15, 0.2) is 0 Å². The summed E-state index contributed by atoms with van der Waals surface area (Å²) in [5, 5.41) is 23.1. The summed E-state index contributed by atoms with van der Waals surface area (Å²) in [6.07, 6.45) is 2.43. The number of likely N-dealkylation sites (tertiary alicyclic amines) is 1. The van der Waals surface area contributed by atoms with Crippen LogP contribution in [0.25, 0.3) is 0 Å². The summed E-state index contributed by atoms with van der Waals surface area (Å²) < 4.78 is 0. The van der Waals surface area contributed by atoms with Gasteiger partial charge in [-0.05, 0) is 24.8 Å². The van der Waals surface area contributed by atoms with Gasteiger partial charge in [0.1, 0.15) is 5.69 Å². The van der Waals surface area contributed by atoms with E-state index in [1.807, 2.05) is 4.90 Å². The summed E-state index contributed by atoms with van der Waals surface area (Å²) in [6.45, 7) is 0.978. The number of hydrogen-bond acceptors (Lipinski definition) is 5. The minimum absolute atomic E-state index is 0.0393. The van der Waals surface area contributed by atoms with Crippen molar-refractivity contribution in [2.45, 2.75) is 19.3 Å². The van der Waals surface area contributed by atoms with Gasteiger partial charge in [0.05, 0.1) is 16.9 Å². The Bertz CT molecular complexity index is 692. The third-order valence-electron chi connectivity index (χ3n) is 5.11. The van der Waals surface area contributed by atoms with Crippen molar-refractivity contribution in [1.29, 1.82) is 0 Å². The summed E-state index contributed by atoms with van der Waals surface area (Å²) >= 11 is 0. The number of nitrogens with zero attached hydrogens (tertiary/aromatic N) is 2. The fraction of sp³-hybridized carbons (Fsp3) is 0.500. The van der Waals surface area contributed by atoms with E-state index in [2.05, 4.69) is 5.32 Å². The van der Waals surface area contributed by atoms with Gasteiger partial charge >= 0.3 is 5.97 Å². The molecule has 0 radical (unpaired) electrons. The topological polar surface area (TPSA) is 113 Å². The molecule has 0 bridgehead atoms. The van der Waals surface area contributed by atoms with Gasteiger partial charge < -0.3 is 10.4 Å². The average molecular weight is 333 g/mol. The SMILES string of the molecule is O=C(CN1C[C@@H]2CCC[C@@]2(C(=O)O)C1)Nc1ccccc1[N+](=O)[O-].